The molecule has 1 aliphatic carbocycles. The first-order valence-corrected chi connectivity index (χ1v) is 5.06. The molecule has 1 aromatic heterocycles. The van der Waals surface area contributed by atoms with Gasteiger partial charge >= 0.3 is 0 Å². The van der Waals surface area contributed by atoms with Crippen molar-refractivity contribution < 1.29 is 14.3 Å². The summed E-state index contributed by atoms with van der Waals surface area (Å²) in [5.41, 5.74) is 0.601. The summed E-state index contributed by atoms with van der Waals surface area (Å²) in [4.78, 5) is 17.5. The van der Waals surface area contributed by atoms with Crippen LogP contribution in [0.15, 0.2) is 10.8 Å². The number of carbonyl (C=O) groups excluding carboxylic acids is 1. The van der Waals surface area contributed by atoms with E-state index < -0.39 is 0 Å². The number of amides is 1. The van der Waals surface area contributed by atoms with Crippen molar-refractivity contribution in [2.45, 2.75) is 25.8 Å². The zero-order valence-electron chi connectivity index (χ0n) is 8.64. The van der Waals surface area contributed by atoms with E-state index in [1.165, 1.54) is 6.39 Å². The van der Waals surface area contributed by atoms with Crippen molar-refractivity contribution in [1.29, 1.82) is 0 Å². The van der Waals surface area contributed by atoms with Gasteiger partial charge in [0, 0.05) is 12.6 Å². The number of aliphatic hydroxyl groups excluding tert-OH is 1. The Balaban J connectivity index is 2.14. The summed E-state index contributed by atoms with van der Waals surface area (Å²) in [6, 6.07) is 0.272. The summed E-state index contributed by atoms with van der Waals surface area (Å²) < 4.78 is 5.05. The van der Waals surface area contributed by atoms with Crippen LogP contribution in [-0.2, 0) is 0 Å². The summed E-state index contributed by atoms with van der Waals surface area (Å²) in [6.45, 7) is 2.08. The molecule has 2 rings (SSSR count). The van der Waals surface area contributed by atoms with Gasteiger partial charge in [-0.15, -0.1) is 0 Å². The van der Waals surface area contributed by atoms with Gasteiger partial charge in [0.2, 0.25) is 5.76 Å². The van der Waals surface area contributed by atoms with Gasteiger partial charge in [0.05, 0.1) is 12.3 Å². The van der Waals surface area contributed by atoms with Gasteiger partial charge in [-0.1, -0.05) is 0 Å². The van der Waals surface area contributed by atoms with Crippen molar-refractivity contribution in [1.82, 2.24) is 9.88 Å². The molecule has 1 amide bonds. The maximum atomic E-state index is 12.0. The van der Waals surface area contributed by atoms with Crippen LogP contribution < -0.4 is 0 Å². The van der Waals surface area contributed by atoms with Gasteiger partial charge < -0.3 is 14.4 Å². The Morgan fingerprint density at radius 1 is 1.73 bits per heavy atom. The molecular formula is C10H14N2O3. The standard InChI is InChI=1S/C10H14N2O3/c1-7-9(15-6-11-7)10(14)12(4-5-13)8-2-3-8/h6,8,13H,2-5H2,1H3. The Morgan fingerprint density at radius 3 is 2.93 bits per heavy atom. The number of hydrogen-bond donors (Lipinski definition) is 1. The molecule has 1 saturated carbocycles. The second kappa shape index (κ2) is 4.02. The fourth-order valence-electron chi connectivity index (χ4n) is 1.58. The Hall–Kier alpha value is -1.36. The number of rotatable bonds is 4. The molecule has 1 heterocycles. The van der Waals surface area contributed by atoms with Crippen molar-refractivity contribution in [3.8, 4) is 0 Å². The van der Waals surface area contributed by atoms with Crippen LogP contribution >= 0.6 is 0 Å². The highest BCUT2D eigenvalue weighted by atomic mass is 16.3. The molecule has 0 saturated heterocycles. The van der Waals surface area contributed by atoms with Gasteiger partial charge in [-0.3, -0.25) is 4.79 Å². The second-order valence-electron chi connectivity index (χ2n) is 3.72. The molecule has 82 valence electrons. The average Bonchev–Trinajstić information content (AvgIpc) is 2.97. The molecule has 0 aliphatic heterocycles. The van der Waals surface area contributed by atoms with Crippen LogP contribution in [0, 0.1) is 6.92 Å². The number of carbonyl (C=O) groups is 1. The normalized spacial score (nSPS) is 15.3. The van der Waals surface area contributed by atoms with E-state index in [4.69, 9.17) is 9.52 Å². The molecule has 0 unspecified atom stereocenters. The van der Waals surface area contributed by atoms with Crippen molar-refractivity contribution in [3.63, 3.8) is 0 Å². The first-order chi connectivity index (χ1) is 7.24. The lowest BCUT2D eigenvalue weighted by Crippen LogP contribution is -2.35. The van der Waals surface area contributed by atoms with Gasteiger partial charge in [0.1, 0.15) is 0 Å². The van der Waals surface area contributed by atoms with Crippen molar-refractivity contribution in [2.75, 3.05) is 13.2 Å². The van der Waals surface area contributed by atoms with Crippen LogP contribution in [0.4, 0.5) is 0 Å². The van der Waals surface area contributed by atoms with E-state index in [2.05, 4.69) is 4.98 Å². The highest BCUT2D eigenvalue weighted by Crippen LogP contribution is 2.28. The summed E-state index contributed by atoms with van der Waals surface area (Å²) in [5.74, 6) is 0.122. The molecule has 15 heavy (non-hydrogen) atoms. The molecule has 0 bridgehead atoms. The van der Waals surface area contributed by atoms with Crippen LogP contribution in [0.25, 0.3) is 0 Å². The maximum Gasteiger partial charge on any atom is 0.291 e. The third kappa shape index (κ3) is 2.02. The number of nitrogens with zero attached hydrogens (tertiary/aromatic N) is 2. The molecule has 1 fully saturated rings. The molecule has 5 heteroatoms. The molecule has 5 nitrogen and oxygen atoms in total. The number of oxazole rings is 1. The zero-order chi connectivity index (χ0) is 10.8. The predicted molar refractivity (Wildman–Crippen MR) is 52.4 cm³/mol. The molecule has 1 N–H and O–H groups in total. The Labute approximate surface area is 87.7 Å². The second-order valence-corrected chi connectivity index (χ2v) is 3.72. The number of aryl methyl sites for hydroxylation is 1. The molecule has 0 aromatic carbocycles. The quantitative estimate of drug-likeness (QED) is 0.789. The molecule has 1 aliphatic rings. The number of aliphatic hydroxyl groups is 1. The van der Waals surface area contributed by atoms with Crippen LogP contribution in [-0.4, -0.2) is 40.1 Å². The van der Waals surface area contributed by atoms with E-state index in [9.17, 15) is 4.79 Å². The fourth-order valence-corrected chi connectivity index (χ4v) is 1.58. The average molecular weight is 210 g/mol. The molecule has 0 radical (unpaired) electrons. The first kappa shape index (κ1) is 10.2. The first-order valence-electron chi connectivity index (χ1n) is 5.06. The molecule has 1 aromatic rings. The summed E-state index contributed by atoms with van der Waals surface area (Å²) >= 11 is 0. The van der Waals surface area contributed by atoms with Gasteiger partial charge in [0.25, 0.3) is 5.91 Å². The summed E-state index contributed by atoms with van der Waals surface area (Å²) in [5, 5.41) is 8.89. The van der Waals surface area contributed by atoms with Crippen molar-refractivity contribution >= 4 is 5.91 Å². The Morgan fingerprint density at radius 2 is 2.47 bits per heavy atom. The van der Waals surface area contributed by atoms with E-state index in [1.807, 2.05) is 0 Å². The van der Waals surface area contributed by atoms with Crippen molar-refractivity contribution in [3.05, 3.63) is 17.8 Å². The van der Waals surface area contributed by atoms with Gasteiger partial charge in [-0.2, -0.15) is 0 Å². The lowest BCUT2D eigenvalue weighted by atomic mass is 10.3. The molecule has 0 spiro atoms. The SMILES string of the molecule is Cc1ncoc1C(=O)N(CCO)C1CC1. The monoisotopic (exact) mass is 210 g/mol. The van der Waals surface area contributed by atoms with E-state index in [1.54, 1.807) is 11.8 Å². The largest absolute Gasteiger partial charge is 0.438 e. The minimum absolute atomic E-state index is 0.0184. The minimum atomic E-state index is -0.165. The fraction of sp³-hybridized carbons (Fsp3) is 0.600. The molecular weight excluding hydrogens is 196 g/mol. The highest BCUT2D eigenvalue weighted by Gasteiger charge is 2.34. The van der Waals surface area contributed by atoms with E-state index in [0.29, 0.717) is 12.2 Å². The molecule has 0 atom stereocenters. The third-order valence-electron chi connectivity index (χ3n) is 2.53. The van der Waals surface area contributed by atoms with Crippen LogP contribution in [0.5, 0.6) is 0 Å². The lowest BCUT2D eigenvalue weighted by molar-refractivity contribution is 0.0674. The topological polar surface area (TPSA) is 66.6 Å². The summed E-state index contributed by atoms with van der Waals surface area (Å²) in [7, 11) is 0. The van der Waals surface area contributed by atoms with Crippen LogP contribution in [0.3, 0.4) is 0 Å². The zero-order valence-corrected chi connectivity index (χ0v) is 8.64. The number of aromatic nitrogens is 1. The van der Waals surface area contributed by atoms with Crippen LogP contribution in [0.2, 0.25) is 0 Å². The summed E-state index contributed by atoms with van der Waals surface area (Å²) in [6.07, 6.45) is 3.30. The third-order valence-corrected chi connectivity index (χ3v) is 2.53. The minimum Gasteiger partial charge on any atom is -0.438 e. The smallest absolute Gasteiger partial charge is 0.291 e. The maximum absolute atomic E-state index is 12.0. The Kier molecular flexibility index (Phi) is 2.73. The Bertz CT molecular complexity index is 357. The van der Waals surface area contributed by atoms with Gasteiger partial charge in [-0.05, 0) is 19.8 Å². The van der Waals surface area contributed by atoms with Gasteiger partial charge in [-0.25, -0.2) is 4.98 Å². The van der Waals surface area contributed by atoms with E-state index in [-0.39, 0.29) is 24.3 Å². The van der Waals surface area contributed by atoms with Crippen LogP contribution in [0.1, 0.15) is 29.1 Å². The highest BCUT2D eigenvalue weighted by molar-refractivity contribution is 5.92. The van der Waals surface area contributed by atoms with Crippen molar-refractivity contribution in [2.24, 2.45) is 0 Å². The van der Waals surface area contributed by atoms with Gasteiger partial charge in [0.15, 0.2) is 6.39 Å². The predicted octanol–water partition coefficient (Wildman–Crippen LogP) is 0.580. The lowest BCUT2D eigenvalue weighted by Gasteiger charge is -2.19. The van der Waals surface area contributed by atoms with E-state index >= 15 is 0 Å². The van der Waals surface area contributed by atoms with E-state index in [0.717, 1.165) is 12.8 Å². The number of hydrogen-bond acceptors (Lipinski definition) is 4.